The van der Waals surface area contributed by atoms with Gasteiger partial charge in [0.1, 0.15) is 0 Å². The normalized spacial score (nSPS) is 16.8. The lowest BCUT2D eigenvalue weighted by Gasteiger charge is -2.18. The number of hydrogen-bond acceptors (Lipinski definition) is 3. The Kier molecular flexibility index (Phi) is 3.12. The van der Waals surface area contributed by atoms with Crippen molar-refractivity contribution in [3.8, 4) is 0 Å². The lowest BCUT2D eigenvalue weighted by atomic mass is 10.2. The van der Waals surface area contributed by atoms with Gasteiger partial charge in [-0.05, 0) is 37.6 Å². The number of anilines is 1. The maximum atomic E-state index is 4.63. The van der Waals surface area contributed by atoms with Gasteiger partial charge in [-0.3, -0.25) is 0 Å². The summed E-state index contributed by atoms with van der Waals surface area (Å²) in [5, 5.41) is 5.69. The summed E-state index contributed by atoms with van der Waals surface area (Å²) in [5.41, 5.74) is 1.09. The number of thiophene rings is 1. The topological polar surface area (TPSA) is 29.9 Å². The van der Waals surface area contributed by atoms with Gasteiger partial charge in [0.2, 0.25) is 5.95 Å². The Balaban J connectivity index is 1.93. The quantitative estimate of drug-likeness (QED) is 0.886. The number of nitrogens with zero attached hydrogens (tertiary/aromatic N) is 2. The molecule has 0 radical (unpaired) electrons. The van der Waals surface area contributed by atoms with Gasteiger partial charge in [0.05, 0.1) is 11.7 Å². The molecule has 4 heteroatoms. The summed E-state index contributed by atoms with van der Waals surface area (Å²) >= 11 is 1.83. The van der Waals surface area contributed by atoms with Crippen LogP contribution in [0.1, 0.15) is 42.8 Å². The Morgan fingerprint density at radius 2 is 2.39 bits per heavy atom. The van der Waals surface area contributed by atoms with Gasteiger partial charge < -0.3 is 9.88 Å². The Hall–Kier alpha value is -1.29. The van der Waals surface area contributed by atoms with Crippen molar-refractivity contribution in [3.05, 3.63) is 34.3 Å². The Morgan fingerprint density at radius 1 is 1.56 bits per heavy atom. The highest BCUT2D eigenvalue weighted by atomic mass is 32.1. The molecule has 1 saturated carbocycles. The lowest BCUT2D eigenvalue weighted by molar-refractivity contribution is 0.579. The van der Waals surface area contributed by atoms with E-state index in [1.807, 2.05) is 11.3 Å². The van der Waals surface area contributed by atoms with Gasteiger partial charge in [-0.2, -0.15) is 0 Å². The molecule has 1 fully saturated rings. The average molecular weight is 261 g/mol. The first kappa shape index (κ1) is 11.8. The van der Waals surface area contributed by atoms with Crippen molar-refractivity contribution in [1.82, 2.24) is 9.55 Å². The smallest absolute Gasteiger partial charge is 0.203 e. The highest BCUT2D eigenvalue weighted by Gasteiger charge is 2.25. The molecule has 1 unspecified atom stereocenters. The van der Waals surface area contributed by atoms with Crippen LogP contribution in [0.25, 0.3) is 0 Å². The van der Waals surface area contributed by atoms with E-state index in [1.165, 1.54) is 17.7 Å². The van der Waals surface area contributed by atoms with Crippen LogP contribution in [0.5, 0.6) is 0 Å². The fourth-order valence-corrected chi connectivity index (χ4v) is 3.20. The largest absolute Gasteiger partial charge is 0.353 e. The molecule has 1 N–H and O–H groups in total. The highest BCUT2D eigenvalue weighted by molar-refractivity contribution is 7.10. The molecule has 0 spiro atoms. The summed E-state index contributed by atoms with van der Waals surface area (Å²) in [6, 6.07) is 5.40. The molecule has 3 nitrogen and oxygen atoms in total. The summed E-state index contributed by atoms with van der Waals surface area (Å²) in [7, 11) is 0. The van der Waals surface area contributed by atoms with E-state index in [9.17, 15) is 0 Å². The van der Waals surface area contributed by atoms with Crippen LogP contribution in [0.15, 0.2) is 23.7 Å². The number of rotatable bonds is 5. The monoisotopic (exact) mass is 261 g/mol. The van der Waals surface area contributed by atoms with Crippen LogP contribution in [-0.4, -0.2) is 15.6 Å². The maximum Gasteiger partial charge on any atom is 0.203 e. The van der Waals surface area contributed by atoms with Gasteiger partial charge in [0.15, 0.2) is 0 Å². The van der Waals surface area contributed by atoms with Crippen molar-refractivity contribution >= 4 is 17.3 Å². The van der Waals surface area contributed by atoms with Crippen molar-refractivity contribution in [2.45, 2.75) is 45.2 Å². The molecular formula is C14H19N3S. The second-order valence-electron chi connectivity index (χ2n) is 4.97. The van der Waals surface area contributed by atoms with Gasteiger partial charge in [-0.25, -0.2) is 4.98 Å². The molecule has 0 aliphatic heterocycles. The van der Waals surface area contributed by atoms with Gasteiger partial charge in [0.25, 0.3) is 0 Å². The zero-order valence-electron chi connectivity index (χ0n) is 10.9. The van der Waals surface area contributed by atoms with Crippen molar-refractivity contribution in [2.24, 2.45) is 0 Å². The number of aromatic nitrogens is 2. The van der Waals surface area contributed by atoms with Gasteiger partial charge in [0, 0.05) is 17.1 Å². The second kappa shape index (κ2) is 4.76. The van der Waals surface area contributed by atoms with E-state index in [1.54, 1.807) is 0 Å². The third kappa shape index (κ3) is 2.29. The molecule has 2 heterocycles. The third-order valence-electron chi connectivity index (χ3n) is 3.36. The number of imidazole rings is 1. The Morgan fingerprint density at radius 3 is 3.00 bits per heavy atom. The van der Waals surface area contributed by atoms with E-state index < -0.39 is 0 Å². The zero-order chi connectivity index (χ0) is 12.5. The van der Waals surface area contributed by atoms with Crippen LogP contribution in [0.2, 0.25) is 0 Å². The average Bonchev–Trinajstić information content (AvgIpc) is 2.87. The molecule has 1 atom stereocenters. The predicted octanol–water partition coefficient (Wildman–Crippen LogP) is 3.83. The summed E-state index contributed by atoms with van der Waals surface area (Å²) in [4.78, 5) is 6.04. The van der Waals surface area contributed by atoms with E-state index in [4.69, 9.17) is 0 Å². The van der Waals surface area contributed by atoms with E-state index in [2.05, 4.69) is 52.4 Å². The first-order valence-corrected chi connectivity index (χ1v) is 7.51. The predicted molar refractivity (Wildman–Crippen MR) is 76.4 cm³/mol. The van der Waals surface area contributed by atoms with Crippen molar-refractivity contribution in [2.75, 3.05) is 5.32 Å². The fourth-order valence-electron chi connectivity index (χ4n) is 2.29. The molecule has 1 aliphatic rings. The fraction of sp³-hybridized carbons (Fsp3) is 0.500. The molecule has 0 amide bonds. The minimum Gasteiger partial charge on any atom is -0.353 e. The van der Waals surface area contributed by atoms with E-state index in [0.29, 0.717) is 12.1 Å². The SMILES string of the molecule is CCC(c1cccs1)n1cc(C)nc1NC1CC1. The van der Waals surface area contributed by atoms with E-state index >= 15 is 0 Å². The molecule has 1 aliphatic carbocycles. The molecule has 3 rings (SSSR count). The summed E-state index contributed by atoms with van der Waals surface area (Å²) in [6.45, 7) is 4.30. The van der Waals surface area contributed by atoms with Crippen LogP contribution in [0.3, 0.4) is 0 Å². The van der Waals surface area contributed by atoms with Gasteiger partial charge in [-0.15, -0.1) is 11.3 Å². The number of aryl methyl sites for hydroxylation is 1. The van der Waals surface area contributed by atoms with Crippen molar-refractivity contribution in [3.63, 3.8) is 0 Å². The molecule has 0 saturated heterocycles. The summed E-state index contributed by atoms with van der Waals surface area (Å²) in [5.74, 6) is 1.04. The molecule has 0 bridgehead atoms. The van der Waals surface area contributed by atoms with Crippen LogP contribution in [0, 0.1) is 6.92 Å². The van der Waals surface area contributed by atoms with E-state index in [-0.39, 0.29) is 0 Å². The van der Waals surface area contributed by atoms with Crippen LogP contribution >= 0.6 is 11.3 Å². The lowest BCUT2D eigenvalue weighted by Crippen LogP contribution is -2.13. The zero-order valence-corrected chi connectivity index (χ0v) is 11.7. The standard InChI is InChI=1S/C14H19N3S/c1-3-12(13-5-4-8-18-13)17-9-10(2)15-14(17)16-11-6-7-11/h4-5,8-9,11-12H,3,6-7H2,1-2H3,(H,15,16). The van der Waals surface area contributed by atoms with Crippen molar-refractivity contribution in [1.29, 1.82) is 0 Å². The molecular weight excluding hydrogens is 242 g/mol. The van der Waals surface area contributed by atoms with Crippen molar-refractivity contribution < 1.29 is 0 Å². The third-order valence-corrected chi connectivity index (χ3v) is 4.33. The minimum absolute atomic E-state index is 0.410. The van der Waals surface area contributed by atoms with Gasteiger partial charge in [-0.1, -0.05) is 13.0 Å². The molecule has 2 aromatic heterocycles. The first-order chi connectivity index (χ1) is 8.78. The van der Waals surface area contributed by atoms with E-state index in [0.717, 1.165) is 18.1 Å². The Bertz CT molecular complexity index is 511. The van der Waals surface area contributed by atoms with Gasteiger partial charge >= 0.3 is 0 Å². The maximum absolute atomic E-state index is 4.63. The minimum atomic E-state index is 0.410. The number of nitrogens with one attached hydrogen (secondary N) is 1. The molecule has 2 aromatic rings. The first-order valence-electron chi connectivity index (χ1n) is 6.63. The van der Waals surface area contributed by atoms with Crippen LogP contribution in [-0.2, 0) is 0 Å². The Labute approximate surface area is 112 Å². The molecule has 0 aromatic carbocycles. The molecule has 96 valence electrons. The van der Waals surface area contributed by atoms with Crippen LogP contribution in [0.4, 0.5) is 5.95 Å². The highest BCUT2D eigenvalue weighted by Crippen LogP contribution is 2.31. The second-order valence-corrected chi connectivity index (χ2v) is 5.95. The summed E-state index contributed by atoms with van der Waals surface area (Å²) < 4.78 is 2.31. The summed E-state index contributed by atoms with van der Waals surface area (Å²) in [6.07, 6.45) is 5.82. The van der Waals surface area contributed by atoms with Crippen LogP contribution < -0.4 is 5.32 Å². The molecule has 18 heavy (non-hydrogen) atoms. The number of hydrogen-bond donors (Lipinski definition) is 1.